The number of para-hydroxylation sites is 1. The molecule has 0 aliphatic rings. The van der Waals surface area contributed by atoms with Crippen molar-refractivity contribution >= 4 is 11.0 Å². The predicted octanol–water partition coefficient (Wildman–Crippen LogP) is 3.58. The first-order valence-corrected chi connectivity index (χ1v) is 6.70. The normalized spacial score (nSPS) is 10.8. The maximum Gasteiger partial charge on any atom is 0.161 e. The van der Waals surface area contributed by atoms with Gasteiger partial charge in [-0.15, -0.1) is 0 Å². The average molecular weight is 283 g/mol. The van der Waals surface area contributed by atoms with Gasteiger partial charge in [0.2, 0.25) is 0 Å². The fraction of sp³-hybridized carbons (Fsp3) is 0.176. The number of ether oxygens (including phenoxy) is 2. The van der Waals surface area contributed by atoms with Crippen LogP contribution in [0, 0.1) is 0 Å². The molecule has 0 radical (unpaired) electrons. The molecule has 0 saturated heterocycles. The number of furan rings is 1. The summed E-state index contributed by atoms with van der Waals surface area (Å²) in [6.45, 7) is 0.396. The number of hydrogen-bond acceptors (Lipinski definition) is 4. The van der Waals surface area contributed by atoms with Gasteiger partial charge in [0.05, 0.1) is 14.2 Å². The van der Waals surface area contributed by atoms with Crippen molar-refractivity contribution in [3.63, 3.8) is 0 Å². The third kappa shape index (κ3) is 2.34. The summed E-state index contributed by atoms with van der Waals surface area (Å²) in [5.41, 5.74) is 8.58. The Morgan fingerprint density at radius 1 is 1.00 bits per heavy atom. The van der Waals surface area contributed by atoms with Crippen LogP contribution < -0.4 is 15.2 Å². The topological polar surface area (TPSA) is 57.6 Å². The molecule has 108 valence electrons. The van der Waals surface area contributed by atoms with Crippen molar-refractivity contribution in [1.29, 1.82) is 0 Å². The lowest BCUT2D eigenvalue weighted by molar-refractivity contribution is 0.354. The van der Waals surface area contributed by atoms with E-state index < -0.39 is 0 Å². The van der Waals surface area contributed by atoms with Crippen molar-refractivity contribution in [1.82, 2.24) is 0 Å². The fourth-order valence-electron chi connectivity index (χ4n) is 2.43. The Labute approximate surface area is 123 Å². The van der Waals surface area contributed by atoms with Crippen LogP contribution in [-0.4, -0.2) is 14.2 Å². The van der Waals surface area contributed by atoms with Gasteiger partial charge in [-0.2, -0.15) is 0 Å². The smallest absolute Gasteiger partial charge is 0.161 e. The van der Waals surface area contributed by atoms with Crippen molar-refractivity contribution in [2.75, 3.05) is 14.2 Å². The molecule has 0 amide bonds. The SMILES string of the molecule is COc1cc(CN)c(-c2cc3ccccc3o2)cc1OC. The van der Waals surface area contributed by atoms with E-state index in [9.17, 15) is 0 Å². The van der Waals surface area contributed by atoms with Gasteiger partial charge in [-0.25, -0.2) is 0 Å². The van der Waals surface area contributed by atoms with Gasteiger partial charge in [0.25, 0.3) is 0 Å². The molecule has 3 aromatic rings. The lowest BCUT2D eigenvalue weighted by atomic mass is 10.0. The Bertz CT molecular complexity index is 744. The van der Waals surface area contributed by atoms with Crippen LogP contribution in [0.4, 0.5) is 0 Å². The molecule has 4 nitrogen and oxygen atoms in total. The summed E-state index contributed by atoms with van der Waals surface area (Å²) in [4.78, 5) is 0. The van der Waals surface area contributed by atoms with Crippen molar-refractivity contribution in [2.45, 2.75) is 6.54 Å². The standard InChI is InChI=1S/C17H17NO3/c1-19-16-8-12(10-18)13(9-17(16)20-2)15-7-11-5-3-4-6-14(11)21-15/h3-9H,10,18H2,1-2H3. The van der Waals surface area contributed by atoms with Gasteiger partial charge in [-0.05, 0) is 29.8 Å². The molecule has 0 aliphatic carbocycles. The quantitative estimate of drug-likeness (QED) is 0.795. The van der Waals surface area contributed by atoms with Crippen LogP contribution in [0.25, 0.3) is 22.3 Å². The second-order valence-electron chi connectivity index (χ2n) is 4.72. The van der Waals surface area contributed by atoms with Crippen LogP contribution in [0.2, 0.25) is 0 Å². The van der Waals surface area contributed by atoms with Gasteiger partial charge in [0, 0.05) is 17.5 Å². The van der Waals surface area contributed by atoms with Gasteiger partial charge >= 0.3 is 0 Å². The van der Waals surface area contributed by atoms with E-state index in [0.717, 1.165) is 27.9 Å². The van der Waals surface area contributed by atoms with E-state index in [2.05, 4.69) is 0 Å². The Hall–Kier alpha value is -2.46. The Morgan fingerprint density at radius 2 is 1.71 bits per heavy atom. The molecule has 0 saturated carbocycles. The molecule has 0 spiro atoms. The third-order valence-electron chi connectivity index (χ3n) is 3.52. The highest BCUT2D eigenvalue weighted by Gasteiger charge is 2.15. The highest BCUT2D eigenvalue weighted by Crippen LogP contribution is 2.37. The molecule has 0 atom stereocenters. The molecule has 21 heavy (non-hydrogen) atoms. The predicted molar refractivity (Wildman–Crippen MR) is 82.6 cm³/mol. The maximum absolute atomic E-state index is 5.92. The zero-order valence-corrected chi connectivity index (χ0v) is 12.1. The zero-order valence-electron chi connectivity index (χ0n) is 12.1. The lowest BCUT2D eigenvalue weighted by Crippen LogP contribution is -2.01. The molecule has 0 aliphatic heterocycles. The van der Waals surface area contributed by atoms with Crippen molar-refractivity contribution in [3.8, 4) is 22.8 Å². The van der Waals surface area contributed by atoms with Gasteiger partial charge in [0.1, 0.15) is 11.3 Å². The molecule has 1 heterocycles. The minimum Gasteiger partial charge on any atom is -0.493 e. The molecule has 3 rings (SSSR count). The maximum atomic E-state index is 5.92. The zero-order chi connectivity index (χ0) is 14.8. The van der Waals surface area contributed by atoms with Gasteiger partial charge in [-0.1, -0.05) is 18.2 Å². The van der Waals surface area contributed by atoms with Crippen LogP contribution in [0.1, 0.15) is 5.56 Å². The Morgan fingerprint density at radius 3 is 2.38 bits per heavy atom. The molecular weight excluding hydrogens is 266 g/mol. The van der Waals surface area contributed by atoms with E-state index in [1.807, 2.05) is 42.5 Å². The van der Waals surface area contributed by atoms with E-state index in [1.54, 1.807) is 14.2 Å². The molecule has 0 bridgehead atoms. The summed E-state index contributed by atoms with van der Waals surface area (Å²) in [5.74, 6) is 2.10. The summed E-state index contributed by atoms with van der Waals surface area (Å²) in [6, 6.07) is 13.7. The summed E-state index contributed by atoms with van der Waals surface area (Å²) in [5, 5.41) is 1.06. The van der Waals surface area contributed by atoms with Crippen LogP contribution in [0.3, 0.4) is 0 Å². The highest BCUT2D eigenvalue weighted by molar-refractivity contribution is 5.84. The van der Waals surface area contributed by atoms with Crippen molar-refractivity contribution in [2.24, 2.45) is 5.73 Å². The number of rotatable bonds is 4. The minimum absolute atomic E-state index is 0.396. The molecule has 4 heteroatoms. The fourth-order valence-corrected chi connectivity index (χ4v) is 2.43. The first kappa shape index (κ1) is 13.5. The van der Waals surface area contributed by atoms with E-state index in [4.69, 9.17) is 19.6 Å². The summed E-state index contributed by atoms with van der Waals surface area (Å²) in [7, 11) is 3.22. The van der Waals surface area contributed by atoms with Crippen molar-refractivity contribution in [3.05, 3.63) is 48.0 Å². The second kappa shape index (κ2) is 5.50. The number of benzene rings is 2. The van der Waals surface area contributed by atoms with Crippen LogP contribution >= 0.6 is 0 Å². The first-order chi connectivity index (χ1) is 10.3. The van der Waals surface area contributed by atoms with E-state index in [0.29, 0.717) is 18.0 Å². The molecule has 0 unspecified atom stereocenters. The number of nitrogens with two attached hydrogens (primary N) is 1. The Balaban J connectivity index is 2.20. The largest absolute Gasteiger partial charge is 0.493 e. The summed E-state index contributed by atoms with van der Waals surface area (Å²) in [6.07, 6.45) is 0. The van der Waals surface area contributed by atoms with E-state index >= 15 is 0 Å². The molecule has 0 fully saturated rings. The van der Waals surface area contributed by atoms with E-state index in [1.165, 1.54) is 0 Å². The summed E-state index contributed by atoms with van der Waals surface area (Å²) >= 11 is 0. The van der Waals surface area contributed by atoms with Crippen molar-refractivity contribution < 1.29 is 13.9 Å². The first-order valence-electron chi connectivity index (χ1n) is 6.70. The number of fused-ring (bicyclic) bond motifs is 1. The van der Waals surface area contributed by atoms with Crippen LogP contribution in [-0.2, 0) is 6.54 Å². The van der Waals surface area contributed by atoms with E-state index in [-0.39, 0.29) is 0 Å². The Kier molecular flexibility index (Phi) is 3.54. The molecule has 1 aromatic heterocycles. The number of methoxy groups -OCH3 is 2. The lowest BCUT2D eigenvalue weighted by Gasteiger charge is -2.12. The minimum atomic E-state index is 0.396. The molecule has 2 aromatic carbocycles. The third-order valence-corrected chi connectivity index (χ3v) is 3.52. The van der Waals surface area contributed by atoms with Gasteiger partial charge in [0.15, 0.2) is 11.5 Å². The second-order valence-corrected chi connectivity index (χ2v) is 4.72. The monoisotopic (exact) mass is 283 g/mol. The van der Waals surface area contributed by atoms with Crippen LogP contribution in [0.15, 0.2) is 46.9 Å². The number of hydrogen-bond donors (Lipinski definition) is 1. The summed E-state index contributed by atoms with van der Waals surface area (Å²) < 4.78 is 16.6. The molecule has 2 N–H and O–H groups in total. The average Bonchev–Trinajstić information content (AvgIpc) is 2.97. The van der Waals surface area contributed by atoms with Gasteiger partial charge in [-0.3, -0.25) is 0 Å². The highest BCUT2D eigenvalue weighted by atomic mass is 16.5. The van der Waals surface area contributed by atoms with Gasteiger partial charge < -0.3 is 19.6 Å². The molecular formula is C17H17NO3. The van der Waals surface area contributed by atoms with Crippen LogP contribution in [0.5, 0.6) is 11.5 Å².